The van der Waals surface area contributed by atoms with Gasteiger partial charge in [0, 0.05) is 6.54 Å². The number of carbonyl (C=O) groups excluding carboxylic acids is 1. The first-order valence-corrected chi connectivity index (χ1v) is 7.27. The number of amides is 1. The van der Waals surface area contributed by atoms with Gasteiger partial charge in [0.1, 0.15) is 5.76 Å². The van der Waals surface area contributed by atoms with Gasteiger partial charge in [-0.1, -0.05) is 6.07 Å². The largest absolute Gasteiger partial charge is 0.493 e. The molecule has 1 amide bonds. The lowest BCUT2D eigenvalue weighted by atomic mass is 10.1. The number of furan rings is 1. The number of hydrogen-bond acceptors (Lipinski definition) is 5. The molecule has 0 radical (unpaired) electrons. The fourth-order valence-corrected chi connectivity index (χ4v) is 2.37. The number of benzene rings is 1. The molecule has 0 aliphatic heterocycles. The molecule has 1 heterocycles. The first-order chi connectivity index (χ1) is 11.1. The van der Waals surface area contributed by atoms with Crippen LogP contribution in [0.3, 0.4) is 0 Å². The number of hydrogen-bond donors (Lipinski definition) is 1. The molecule has 124 valence electrons. The van der Waals surface area contributed by atoms with Crippen LogP contribution in [0, 0.1) is 0 Å². The van der Waals surface area contributed by atoms with E-state index in [-0.39, 0.29) is 11.9 Å². The van der Waals surface area contributed by atoms with E-state index in [2.05, 4.69) is 5.32 Å². The number of likely N-dealkylation sites (N-methyl/N-ethyl adjacent to an activating group) is 1. The van der Waals surface area contributed by atoms with Gasteiger partial charge in [0.15, 0.2) is 11.5 Å². The summed E-state index contributed by atoms with van der Waals surface area (Å²) in [6.45, 7) is 0.416. The molecule has 0 aliphatic carbocycles. The van der Waals surface area contributed by atoms with Gasteiger partial charge in [0.05, 0.1) is 32.1 Å². The Balaban J connectivity index is 2.13. The SMILES string of the molecule is COc1cccc(C(=O)NC[C@H](c2ccco2)N(C)C)c1OC. The molecular formula is C17H22N2O4. The van der Waals surface area contributed by atoms with Crippen molar-refractivity contribution in [1.29, 1.82) is 0 Å². The van der Waals surface area contributed by atoms with Gasteiger partial charge >= 0.3 is 0 Å². The first-order valence-electron chi connectivity index (χ1n) is 7.27. The molecule has 0 unspecified atom stereocenters. The number of nitrogens with one attached hydrogen (secondary N) is 1. The highest BCUT2D eigenvalue weighted by Gasteiger charge is 2.20. The summed E-state index contributed by atoms with van der Waals surface area (Å²) in [5.41, 5.74) is 0.434. The van der Waals surface area contributed by atoms with E-state index in [9.17, 15) is 4.79 Å². The molecule has 1 N–H and O–H groups in total. The van der Waals surface area contributed by atoms with Crippen LogP contribution < -0.4 is 14.8 Å². The van der Waals surface area contributed by atoms with Gasteiger partial charge in [-0.15, -0.1) is 0 Å². The number of ether oxygens (including phenoxy) is 2. The summed E-state index contributed by atoms with van der Waals surface area (Å²) in [6.07, 6.45) is 1.62. The summed E-state index contributed by atoms with van der Waals surface area (Å²) in [6, 6.07) is 8.88. The van der Waals surface area contributed by atoms with E-state index in [4.69, 9.17) is 13.9 Å². The minimum atomic E-state index is -0.223. The lowest BCUT2D eigenvalue weighted by Crippen LogP contribution is -2.34. The standard InChI is InChI=1S/C17H22N2O4/c1-19(2)13(14-9-6-10-23-14)11-18-17(20)12-7-5-8-15(21-3)16(12)22-4/h5-10,13H,11H2,1-4H3,(H,18,20)/t13-/m1/s1. The molecule has 0 bridgehead atoms. The molecule has 23 heavy (non-hydrogen) atoms. The maximum absolute atomic E-state index is 12.5. The molecule has 0 fully saturated rings. The summed E-state index contributed by atoms with van der Waals surface area (Å²) in [4.78, 5) is 14.5. The van der Waals surface area contributed by atoms with Crippen molar-refractivity contribution >= 4 is 5.91 Å². The van der Waals surface area contributed by atoms with Crippen LogP contribution in [0.4, 0.5) is 0 Å². The zero-order chi connectivity index (χ0) is 16.8. The molecule has 1 atom stereocenters. The van der Waals surface area contributed by atoms with E-state index in [1.807, 2.05) is 31.1 Å². The summed E-state index contributed by atoms with van der Waals surface area (Å²) in [5, 5.41) is 2.92. The van der Waals surface area contributed by atoms with E-state index in [0.29, 0.717) is 23.6 Å². The summed E-state index contributed by atoms with van der Waals surface area (Å²) >= 11 is 0. The van der Waals surface area contributed by atoms with E-state index < -0.39 is 0 Å². The highest BCUT2D eigenvalue weighted by Crippen LogP contribution is 2.30. The van der Waals surface area contributed by atoms with E-state index >= 15 is 0 Å². The summed E-state index contributed by atoms with van der Waals surface area (Å²) < 4.78 is 16.0. The average Bonchev–Trinajstić information content (AvgIpc) is 3.07. The van der Waals surface area contributed by atoms with Crippen LogP contribution in [0.1, 0.15) is 22.2 Å². The zero-order valence-electron chi connectivity index (χ0n) is 13.8. The molecule has 6 heteroatoms. The number of methoxy groups -OCH3 is 2. The monoisotopic (exact) mass is 318 g/mol. The molecule has 1 aromatic heterocycles. The fourth-order valence-electron chi connectivity index (χ4n) is 2.37. The number of nitrogens with zero attached hydrogens (tertiary/aromatic N) is 1. The minimum Gasteiger partial charge on any atom is -0.493 e. The summed E-state index contributed by atoms with van der Waals surface area (Å²) in [7, 11) is 6.93. The van der Waals surface area contributed by atoms with Crippen LogP contribution >= 0.6 is 0 Å². The lowest BCUT2D eigenvalue weighted by Gasteiger charge is -2.23. The van der Waals surface area contributed by atoms with Gasteiger partial charge in [-0.25, -0.2) is 0 Å². The second-order valence-corrected chi connectivity index (χ2v) is 5.25. The molecule has 2 aromatic rings. The Morgan fingerprint density at radius 3 is 2.57 bits per heavy atom. The number of rotatable bonds is 7. The molecule has 6 nitrogen and oxygen atoms in total. The van der Waals surface area contributed by atoms with Crippen LogP contribution in [0.5, 0.6) is 11.5 Å². The first kappa shape index (κ1) is 16.9. The Kier molecular flexibility index (Phi) is 5.65. The number of para-hydroxylation sites is 1. The van der Waals surface area contributed by atoms with Crippen molar-refractivity contribution in [1.82, 2.24) is 10.2 Å². The normalized spacial score (nSPS) is 12.0. The minimum absolute atomic E-state index is 0.0504. The molecule has 0 saturated carbocycles. The van der Waals surface area contributed by atoms with Crippen molar-refractivity contribution in [3.8, 4) is 11.5 Å². The quantitative estimate of drug-likeness (QED) is 0.849. The Morgan fingerprint density at radius 2 is 2.00 bits per heavy atom. The fraction of sp³-hybridized carbons (Fsp3) is 0.353. The maximum Gasteiger partial charge on any atom is 0.255 e. The molecular weight excluding hydrogens is 296 g/mol. The van der Waals surface area contributed by atoms with Crippen LogP contribution in [-0.4, -0.2) is 45.7 Å². The third-order valence-electron chi connectivity index (χ3n) is 3.60. The molecule has 0 spiro atoms. The maximum atomic E-state index is 12.5. The Hall–Kier alpha value is -2.47. The summed E-state index contributed by atoms with van der Waals surface area (Å²) in [5.74, 6) is 1.52. The molecule has 2 rings (SSSR count). The Morgan fingerprint density at radius 1 is 1.22 bits per heavy atom. The van der Waals surface area contributed by atoms with Gasteiger partial charge in [-0.3, -0.25) is 9.69 Å². The van der Waals surface area contributed by atoms with E-state index in [0.717, 1.165) is 5.76 Å². The van der Waals surface area contributed by atoms with Crippen molar-refractivity contribution < 1.29 is 18.7 Å². The van der Waals surface area contributed by atoms with Crippen molar-refractivity contribution in [3.63, 3.8) is 0 Å². The zero-order valence-corrected chi connectivity index (χ0v) is 13.8. The molecule has 0 saturated heterocycles. The van der Waals surface area contributed by atoms with Gasteiger partial charge in [-0.2, -0.15) is 0 Å². The second kappa shape index (κ2) is 7.69. The van der Waals surface area contributed by atoms with Crippen molar-refractivity contribution in [2.24, 2.45) is 0 Å². The smallest absolute Gasteiger partial charge is 0.255 e. The van der Waals surface area contributed by atoms with Gasteiger partial charge in [-0.05, 0) is 38.4 Å². The van der Waals surface area contributed by atoms with Crippen molar-refractivity contribution in [2.45, 2.75) is 6.04 Å². The second-order valence-electron chi connectivity index (χ2n) is 5.25. The molecule has 1 aromatic carbocycles. The predicted molar refractivity (Wildman–Crippen MR) is 87.0 cm³/mol. The number of carbonyl (C=O) groups is 1. The highest BCUT2D eigenvalue weighted by molar-refractivity contribution is 5.97. The van der Waals surface area contributed by atoms with E-state index in [1.54, 1.807) is 31.6 Å². The van der Waals surface area contributed by atoms with Crippen molar-refractivity contribution in [3.05, 3.63) is 47.9 Å². The average molecular weight is 318 g/mol. The topological polar surface area (TPSA) is 63.9 Å². The predicted octanol–water partition coefficient (Wildman–Crippen LogP) is 2.33. The highest BCUT2D eigenvalue weighted by atomic mass is 16.5. The van der Waals surface area contributed by atoms with E-state index in [1.165, 1.54) is 7.11 Å². The van der Waals surface area contributed by atoms with Crippen LogP contribution in [0.25, 0.3) is 0 Å². The lowest BCUT2D eigenvalue weighted by molar-refractivity contribution is 0.0935. The van der Waals surface area contributed by atoms with Crippen LogP contribution in [0.2, 0.25) is 0 Å². The third-order valence-corrected chi connectivity index (χ3v) is 3.60. The molecule has 0 aliphatic rings. The van der Waals surface area contributed by atoms with Crippen molar-refractivity contribution in [2.75, 3.05) is 34.9 Å². The Bertz CT molecular complexity index is 638. The van der Waals surface area contributed by atoms with Gasteiger partial charge in [0.25, 0.3) is 5.91 Å². The Labute approximate surface area is 136 Å². The third kappa shape index (κ3) is 3.84. The van der Waals surface area contributed by atoms with Gasteiger partial charge in [0.2, 0.25) is 0 Å². The van der Waals surface area contributed by atoms with Crippen LogP contribution in [0.15, 0.2) is 41.0 Å². The van der Waals surface area contributed by atoms with Crippen LogP contribution in [-0.2, 0) is 0 Å². The van der Waals surface area contributed by atoms with Gasteiger partial charge < -0.3 is 19.2 Å².